The number of benzene rings is 1. The fourth-order valence-electron chi connectivity index (χ4n) is 2.83. The van der Waals surface area contributed by atoms with E-state index in [1.165, 1.54) is 0 Å². The van der Waals surface area contributed by atoms with Crippen LogP contribution >= 0.6 is 40.2 Å². The summed E-state index contributed by atoms with van der Waals surface area (Å²) in [6, 6.07) is 5.13. The minimum absolute atomic E-state index is 0. The molecule has 8 nitrogen and oxygen atoms in total. The molecule has 1 saturated heterocycles. The molecule has 150 valence electrons. The summed E-state index contributed by atoms with van der Waals surface area (Å²) in [6.07, 6.45) is 1.89. The average Bonchev–Trinajstić information content (AvgIpc) is 2.60. The van der Waals surface area contributed by atoms with Gasteiger partial charge in [-0.15, -0.1) is 17.0 Å². The lowest BCUT2D eigenvalue weighted by Crippen LogP contribution is -2.59. The Kier molecular flexibility index (Phi) is 7.99. The molecule has 0 bridgehead atoms. The lowest BCUT2D eigenvalue weighted by molar-refractivity contribution is -0.190. The van der Waals surface area contributed by atoms with Crippen molar-refractivity contribution in [1.29, 1.82) is 0 Å². The molecule has 1 fully saturated rings. The smallest absolute Gasteiger partial charge is 0.226 e. The Hall–Kier alpha value is -1.26. The number of nitrogens with zero attached hydrogens (tertiary/aromatic N) is 3. The largest absolute Gasteiger partial charge is 0.493 e. The van der Waals surface area contributed by atoms with Crippen molar-refractivity contribution in [3.63, 3.8) is 0 Å². The van der Waals surface area contributed by atoms with Crippen LogP contribution in [-0.2, 0) is 9.57 Å². The van der Waals surface area contributed by atoms with Gasteiger partial charge >= 0.3 is 0 Å². The fraction of sp³-hybridized carbons (Fsp3) is 0.500. The highest BCUT2D eigenvalue weighted by molar-refractivity contribution is 8.93. The van der Waals surface area contributed by atoms with E-state index in [0.29, 0.717) is 61.5 Å². The maximum Gasteiger partial charge on any atom is 0.226 e. The van der Waals surface area contributed by atoms with Gasteiger partial charge in [-0.05, 0) is 12.1 Å². The molecule has 1 aromatic rings. The molecule has 0 amide bonds. The van der Waals surface area contributed by atoms with E-state index in [9.17, 15) is 0 Å². The summed E-state index contributed by atoms with van der Waals surface area (Å²) < 4.78 is 11.1. The van der Waals surface area contributed by atoms with Crippen LogP contribution in [0.2, 0.25) is 10.0 Å². The van der Waals surface area contributed by atoms with E-state index in [0.717, 1.165) is 0 Å². The van der Waals surface area contributed by atoms with Crippen molar-refractivity contribution in [1.82, 2.24) is 5.06 Å². The number of guanidine groups is 2. The number of rotatable bonds is 6. The zero-order valence-corrected chi connectivity index (χ0v) is 17.8. The molecule has 2 heterocycles. The van der Waals surface area contributed by atoms with Gasteiger partial charge in [0.25, 0.3) is 0 Å². The number of nitrogens with two attached hydrogens (primary N) is 2. The summed E-state index contributed by atoms with van der Waals surface area (Å²) >= 11 is 11.8. The third kappa shape index (κ3) is 5.39. The van der Waals surface area contributed by atoms with Crippen molar-refractivity contribution in [2.75, 3.05) is 26.4 Å². The third-order valence-electron chi connectivity index (χ3n) is 4.10. The van der Waals surface area contributed by atoms with Crippen LogP contribution in [0.4, 0.5) is 0 Å². The predicted octanol–water partition coefficient (Wildman–Crippen LogP) is 2.72. The molecule has 0 saturated carbocycles. The second-order valence-corrected chi connectivity index (χ2v) is 6.75. The topological polar surface area (TPSA) is 108 Å². The van der Waals surface area contributed by atoms with Gasteiger partial charge in [0.1, 0.15) is 5.75 Å². The van der Waals surface area contributed by atoms with Gasteiger partial charge in [-0.1, -0.05) is 23.2 Å². The van der Waals surface area contributed by atoms with Crippen molar-refractivity contribution >= 4 is 52.1 Å². The van der Waals surface area contributed by atoms with E-state index in [-0.39, 0.29) is 28.9 Å². The standard InChI is InChI=1S/C16H21Cl2N5O3.BrH/c17-12-3-2-11(10-13(12)18)25-6-1-7-26-23-15(20)21-14(19)22-16(23)4-8-24-9-5-16;/h2-3,10H,1,4-9H2,(H4,19,20,21,22);1H. The van der Waals surface area contributed by atoms with Crippen molar-refractivity contribution in [2.24, 2.45) is 21.5 Å². The Balaban J connectivity index is 0.00000261. The van der Waals surface area contributed by atoms with E-state index in [2.05, 4.69) is 9.98 Å². The van der Waals surface area contributed by atoms with Crippen LogP contribution in [-0.4, -0.2) is 49.1 Å². The summed E-state index contributed by atoms with van der Waals surface area (Å²) in [5.74, 6) is 1.01. The highest BCUT2D eigenvalue weighted by Gasteiger charge is 2.43. The Morgan fingerprint density at radius 2 is 1.89 bits per heavy atom. The minimum Gasteiger partial charge on any atom is -0.493 e. The van der Waals surface area contributed by atoms with Crippen LogP contribution in [0.3, 0.4) is 0 Å². The molecular formula is C16H22BrCl2N5O3. The number of halogens is 3. The fourth-order valence-corrected chi connectivity index (χ4v) is 3.12. The molecule has 11 heteroatoms. The second kappa shape index (κ2) is 9.79. The third-order valence-corrected chi connectivity index (χ3v) is 4.84. The van der Waals surface area contributed by atoms with Crippen molar-refractivity contribution in [3.8, 4) is 5.75 Å². The predicted molar refractivity (Wildman–Crippen MR) is 111 cm³/mol. The van der Waals surface area contributed by atoms with Gasteiger partial charge in [0.2, 0.25) is 11.9 Å². The minimum atomic E-state index is -0.654. The first-order valence-corrected chi connectivity index (χ1v) is 9.04. The normalized spacial score (nSPS) is 18.5. The molecule has 27 heavy (non-hydrogen) atoms. The van der Waals surface area contributed by atoms with Crippen molar-refractivity contribution in [3.05, 3.63) is 28.2 Å². The molecule has 3 rings (SSSR count). The van der Waals surface area contributed by atoms with Crippen LogP contribution in [0.25, 0.3) is 0 Å². The van der Waals surface area contributed by atoms with E-state index >= 15 is 0 Å². The Morgan fingerprint density at radius 1 is 1.15 bits per heavy atom. The van der Waals surface area contributed by atoms with Crippen LogP contribution in [0, 0.1) is 0 Å². The number of hydrogen-bond acceptors (Lipinski definition) is 8. The molecule has 0 atom stereocenters. The average molecular weight is 483 g/mol. The van der Waals surface area contributed by atoms with Gasteiger partial charge in [0.15, 0.2) is 5.66 Å². The Labute approximate surface area is 178 Å². The molecule has 0 unspecified atom stereocenters. The molecule has 1 aromatic carbocycles. The van der Waals surface area contributed by atoms with Gasteiger partial charge in [-0.3, -0.25) is 4.84 Å². The highest BCUT2D eigenvalue weighted by atomic mass is 79.9. The highest BCUT2D eigenvalue weighted by Crippen LogP contribution is 2.32. The van der Waals surface area contributed by atoms with Crippen molar-refractivity contribution in [2.45, 2.75) is 24.9 Å². The first-order valence-electron chi connectivity index (χ1n) is 8.28. The number of ether oxygens (including phenoxy) is 2. The molecule has 0 aromatic heterocycles. The van der Waals surface area contributed by atoms with Crippen LogP contribution < -0.4 is 16.2 Å². The maximum atomic E-state index is 6.00. The summed E-state index contributed by atoms with van der Waals surface area (Å²) in [4.78, 5) is 14.3. The SMILES string of the molecule is Br.NC1=NC2(CCOCC2)N(OCCCOc2ccc(Cl)c(Cl)c2)C(N)=N1. The number of hydrogen-bond donors (Lipinski definition) is 2. The van der Waals surface area contributed by atoms with Crippen LogP contribution in [0.15, 0.2) is 28.2 Å². The molecule has 0 aliphatic carbocycles. The second-order valence-electron chi connectivity index (χ2n) is 5.94. The van der Waals surface area contributed by atoms with Gasteiger partial charge in [-0.25, -0.2) is 4.99 Å². The monoisotopic (exact) mass is 481 g/mol. The van der Waals surface area contributed by atoms with Crippen LogP contribution in [0.5, 0.6) is 5.75 Å². The summed E-state index contributed by atoms with van der Waals surface area (Å²) in [6.45, 7) is 1.95. The molecule has 1 spiro atoms. The lowest BCUT2D eigenvalue weighted by Gasteiger charge is -2.43. The van der Waals surface area contributed by atoms with E-state index in [1.807, 2.05) is 0 Å². The zero-order chi connectivity index (χ0) is 18.6. The molecular weight excluding hydrogens is 461 g/mol. The van der Waals surface area contributed by atoms with Gasteiger partial charge in [0, 0.05) is 25.3 Å². The van der Waals surface area contributed by atoms with E-state index in [1.54, 1.807) is 23.3 Å². The molecule has 2 aliphatic rings. The van der Waals surface area contributed by atoms with Crippen molar-refractivity contribution < 1.29 is 14.3 Å². The Morgan fingerprint density at radius 3 is 2.59 bits per heavy atom. The molecule has 4 N–H and O–H groups in total. The summed E-state index contributed by atoms with van der Waals surface area (Å²) in [5.41, 5.74) is 11.1. The molecule has 2 aliphatic heterocycles. The van der Waals surface area contributed by atoms with E-state index < -0.39 is 5.66 Å². The lowest BCUT2D eigenvalue weighted by atomic mass is 10.0. The first kappa shape index (κ1) is 22.0. The van der Waals surface area contributed by atoms with Gasteiger partial charge in [-0.2, -0.15) is 10.1 Å². The zero-order valence-electron chi connectivity index (χ0n) is 14.6. The number of hydroxylamine groups is 2. The summed E-state index contributed by atoms with van der Waals surface area (Å²) in [7, 11) is 0. The van der Waals surface area contributed by atoms with Gasteiger partial charge < -0.3 is 20.9 Å². The maximum absolute atomic E-state index is 6.00. The van der Waals surface area contributed by atoms with E-state index in [4.69, 9.17) is 49.0 Å². The van der Waals surface area contributed by atoms with Crippen LogP contribution in [0.1, 0.15) is 19.3 Å². The molecule has 0 radical (unpaired) electrons. The summed E-state index contributed by atoms with van der Waals surface area (Å²) in [5, 5.41) is 2.49. The number of aliphatic imine (C=N–C) groups is 2. The quantitative estimate of drug-likeness (QED) is 0.603. The Bertz CT molecular complexity index is 713. The first-order chi connectivity index (χ1) is 12.5. The van der Waals surface area contributed by atoms with Gasteiger partial charge in [0.05, 0.1) is 36.5 Å².